The van der Waals surface area contributed by atoms with Gasteiger partial charge in [-0.1, -0.05) is 20.8 Å². The van der Waals surface area contributed by atoms with E-state index in [0.717, 1.165) is 35.3 Å². The van der Waals surface area contributed by atoms with E-state index in [0.29, 0.717) is 12.3 Å². The maximum absolute atomic E-state index is 12.9. The molecule has 0 unspecified atom stereocenters. The lowest BCUT2D eigenvalue weighted by molar-refractivity contribution is -0.137. The molecule has 0 spiro atoms. The van der Waals surface area contributed by atoms with E-state index in [4.69, 9.17) is 4.74 Å². The molecule has 2 heterocycles. The van der Waals surface area contributed by atoms with Gasteiger partial charge in [-0.25, -0.2) is 9.97 Å². The predicted octanol–water partition coefficient (Wildman–Crippen LogP) is 5.53. The Kier molecular flexibility index (Phi) is 6.45. The minimum absolute atomic E-state index is 0.0195. The quantitative estimate of drug-likeness (QED) is 0.513. The first-order valence-electron chi connectivity index (χ1n) is 9.47. The maximum atomic E-state index is 12.9. The second kappa shape index (κ2) is 8.74. The van der Waals surface area contributed by atoms with Gasteiger partial charge in [-0.3, -0.25) is 9.36 Å². The standard InChI is InChI=1S/C22H22F3N3O2S/c1-14-11-16(6-7-17(14)30-13-21(2,3)4)28-10-9-26-19(20(28)29)31-18-8-5-15(12-27-18)22(23,24)25/h5-12H,13H2,1-4H3. The van der Waals surface area contributed by atoms with Crippen LogP contribution in [0, 0.1) is 12.3 Å². The fourth-order valence-electron chi connectivity index (χ4n) is 2.61. The minimum atomic E-state index is -4.46. The molecule has 9 heteroatoms. The second-order valence-corrected chi connectivity index (χ2v) is 9.20. The van der Waals surface area contributed by atoms with Gasteiger partial charge in [-0.05, 0) is 60.0 Å². The van der Waals surface area contributed by atoms with E-state index >= 15 is 0 Å². The summed E-state index contributed by atoms with van der Waals surface area (Å²) in [6.07, 6.45) is -0.720. The second-order valence-electron chi connectivity index (χ2n) is 8.19. The zero-order chi connectivity index (χ0) is 22.8. The molecule has 0 N–H and O–H groups in total. The van der Waals surface area contributed by atoms with Gasteiger partial charge in [0, 0.05) is 24.3 Å². The van der Waals surface area contributed by atoms with Crippen LogP contribution in [0.3, 0.4) is 0 Å². The lowest BCUT2D eigenvalue weighted by atomic mass is 9.98. The van der Waals surface area contributed by atoms with Crippen LogP contribution in [0.2, 0.25) is 0 Å². The largest absolute Gasteiger partial charge is 0.493 e. The Hall–Kier alpha value is -2.81. The molecule has 164 valence electrons. The van der Waals surface area contributed by atoms with Crippen LogP contribution >= 0.6 is 11.8 Å². The summed E-state index contributed by atoms with van der Waals surface area (Å²) in [5, 5.41) is 0.359. The molecule has 0 atom stereocenters. The summed E-state index contributed by atoms with van der Waals surface area (Å²) < 4.78 is 45.4. The predicted molar refractivity (Wildman–Crippen MR) is 113 cm³/mol. The van der Waals surface area contributed by atoms with Crippen molar-refractivity contribution in [2.75, 3.05) is 6.61 Å². The third-order valence-electron chi connectivity index (χ3n) is 4.17. The number of benzene rings is 1. The van der Waals surface area contributed by atoms with E-state index < -0.39 is 17.3 Å². The molecular formula is C22H22F3N3O2S. The van der Waals surface area contributed by atoms with Crippen molar-refractivity contribution in [1.29, 1.82) is 0 Å². The third-order valence-corrected chi connectivity index (χ3v) is 5.10. The molecule has 0 aliphatic rings. The summed E-state index contributed by atoms with van der Waals surface area (Å²) in [5.74, 6) is 0.740. The van der Waals surface area contributed by atoms with Crippen LogP contribution in [0.5, 0.6) is 5.75 Å². The SMILES string of the molecule is Cc1cc(-n2ccnc(Sc3ccc(C(F)(F)F)cn3)c2=O)ccc1OCC(C)(C)C. The van der Waals surface area contributed by atoms with Gasteiger partial charge in [-0.2, -0.15) is 13.2 Å². The number of ether oxygens (including phenoxy) is 1. The molecule has 0 bridgehead atoms. The number of hydrogen-bond donors (Lipinski definition) is 0. The number of hydrogen-bond acceptors (Lipinski definition) is 5. The monoisotopic (exact) mass is 449 g/mol. The van der Waals surface area contributed by atoms with E-state index in [1.54, 1.807) is 6.07 Å². The molecule has 5 nitrogen and oxygen atoms in total. The Morgan fingerprint density at radius 1 is 1.10 bits per heavy atom. The van der Waals surface area contributed by atoms with Crippen molar-refractivity contribution in [3.8, 4) is 11.4 Å². The van der Waals surface area contributed by atoms with Gasteiger partial charge in [0.2, 0.25) is 0 Å². The highest BCUT2D eigenvalue weighted by atomic mass is 32.2. The molecule has 0 aliphatic carbocycles. The molecule has 3 rings (SSSR count). The molecule has 2 aromatic heterocycles. The molecule has 0 fully saturated rings. The van der Waals surface area contributed by atoms with Gasteiger partial charge in [0.15, 0.2) is 5.03 Å². The van der Waals surface area contributed by atoms with E-state index in [-0.39, 0.29) is 15.5 Å². The lowest BCUT2D eigenvalue weighted by Crippen LogP contribution is -2.21. The van der Waals surface area contributed by atoms with Crippen LogP contribution in [0.15, 0.2) is 63.8 Å². The smallest absolute Gasteiger partial charge is 0.417 e. The highest BCUT2D eigenvalue weighted by molar-refractivity contribution is 7.99. The van der Waals surface area contributed by atoms with Crippen molar-refractivity contribution >= 4 is 11.8 Å². The Morgan fingerprint density at radius 3 is 2.42 bits per heavy atom. The summed E-state index contributed by atoms with van der Waals surface area (Å²) >= 11 is 0.913. The summed E-state index contributed by atoms with van der Waals surface area (Å²) in [6.45, 7) is 8.70. The zero-order valence-electron chi connectivity index (χ0n) is 17.5. The average Bonchev–Trinajstić information content (AvgIpc) is 2.68. The molecule has 0 amide bonds. The number of nitrogens with zero attached hydrogens (tertiary/aromatic N) is 3. The lowest BCUT2D eigenvalue weighted by Gasteiger charge is -2.20. The number of rotatable bonds is 5. The summed E-state index contributed by atoms with van der Waals surface area (Å²) in [4.78, 5) is 20.8. The van der Waals surface area contributed by atoms with Crippen molar-refractivity contribution < 1.29 is 17.9 Å². The first-order chi connectivity index (χ1) is 14.4. The van der Waals surface area contributed by atoms with Crippen LogP contribution < -0.4 is 10.3 Å². The average molecular weight is 449 g/mol. The normalized spacial score (nSPS) is 12.1. The number of aryl methyl sites for hydroxylation is 1. The molecule has 31 heavy (non-hydrogen) atoms. The molecule has 1 aromatic carbocycles. The molecular weight excluding hydrogens is 427 g/mol. The fraction of sp³-hybridized carbons (Fsp3) is 0.318. The van der Waals surface area contributed by atoms with Gasteiger partial charge in [0.05, 0.1) is 12.2 Å². The first kappa shape index (κ1) is 22.9. The van der Waals surface area contributed by atoms with Crippen molar-refractivity contribution in [1.82, 2.24) is 14.5 Å². The van der Waals surface area contributed by atoms with Crippen molar-refractivity contribution in [3.05, 3.63) is 70.4 Å². The summed E-state index contributed by atoms with van der Waals surface area (Å²) in [6, 6.07) is 7.57. The molecule has 3 aromatic rings. The molecule has 0 saturated carbocycles. The van der Waals surface area contributed by atoms with Crippen LogP contribution in [-0.2, 0) is 6.18 Å². The highest BCUT2D eigenvalue weighted by Crippen LogP contribution is 2.30. The summed E-state index contributed by atoms with van der Waals surface area (Å²) in [5.41, 5.74) is 0.293. The van der Waals surface area contributed by atoms with E-state index in [2.05, 4.69) is 30.7 Å². The topological polar surface area (TPSA) is 57.0 Å². The van der Waals surface area contributed by atoms with E-state index in [1.807, 2.05) is 19.1 Å². The van der Waals surface area contributed by atoms with Crippen LogP contribution in [-0.4, -0.2) is 21.1 Å². The Balaban J connectivity index is 1.84. The summed E-state index contributed by atoms with van der Waals surface area (Å²) in [7, 11) is 0. The third kappa shape index (κ3) is 5.88. The zero-order valence-corrected chi connectivity index (χ0v) is 18.3. The Labute approximate surface area is 182 Å². The minimum Gasteiger partial charge on any atom is -0.493 e. The number of halogens is 3. The first-order valence-corrected chi connectivity index (χ1v) is 10.3. The fourth-order valence-corrected chi connectivity index (χ4v) is 3.35. The maximum Gasteiger partial charge on any atom is 0.417 e. The molecule has 0 saturated heterocycles. The van der Waals surface area contributed by atoms with Crippen molar-refractivity contribution in [2.45, 2.75) is 43.9 Å². The number of aromatic nitrogens is 3. The van der Waals surface area contributed by atoms with Gasteiger partial charge >= 0.3 is 6.18 Å². The molecule has 0 radical (unpaired) electrons. The van der Waals surface area contributed by atoms with Gasteiger partial charge in [0.25, 0.3) is 5.56 Å². The van der Waals surface area contributed by atoms with Gasteiger partial charge in [-0.15, -0.1) is 0 Å². The van der Waals surface area contributed by atoms with Crippen LogP contribution in [0.4, 0.5) is 13.2 Å². The van der Waals surface area contributed by atoms with E-state index in [1.165, 1.54) is 23.0 Å². The van der Waals surface area contributed by atoms with E-state index in [9.17, 15) is 18.0 Å². The van der Waals surface area contributed by atoms with Crippen LogP contribution in [0.1, 0.15) is 31.9 Å². The van der Waals surface area contributed by atoms with Crippen molar-refractivity contribution in [3.63, 3.8) is 0 Å². The van der Waals surface area contributed by atoms with Gasteiger partial charge < -0.3 is 4.74 Å². The Bertz CT molecular complexity index is 1120. The van der Waals surface area contributed by atoms with Crippen LogP contribution in [0.25, 0.3) is 5.69 Å². The highest BCUT2D eigenvalue weighted by Gasteiger charge is 2.30. The van der Waals surface area contributed by atoms with Gasteiger partial charge in [0.1, 0.15) is 10.8 Å². The molecule has 0 aliphatic heterocycles. The number of alkyl halides is 3. The number of pyridine rings is 1. The van der Waals surface area contributed by atoms with Crippen molar-refractivity contribution in [2.24, 2.45) is 5.41 Å². The Morgan fingerprint density at radius 2 is 1.84 bits per heavy atom.